The first-order valence-corrected chi connectivity index (χ1v) is 5.10. The molecule has 0 atom stereocenters. The van der Waals surface area contributed by atoms with Gasteiger partial charge >= 0.3 is 0 Å². The number of nitrogens with zero attached hydrogens (tertiary/aromatic N) is 2. The molecule has 1 aromatic rings. The summed E-state index contributed by atoms with van der Waals surface area (Å²) in [4.78, 5) is 8.19. The molecular formula is C9H11BrN2. The molecule has 0 amide bonds. The molecule has 12 heavy (non-hydrogen) atoms. The van der Waals surface area contributed by atoms with Gasteiger partial charge in [0.1, 0.15) is 10.9 Å². The first-order valence-electron chi connectivity index (χ1n) is 4.31. The molecule has 1 aliphatic carbocycles. The molecule has 0 radical (unpaired) electrons. The first-order chi connectivity index (χ1) is 5.84. The quantitative estimate of drug-likeness (QED) is 0.741. The van der Waals surface area contributed by atoms with Crippen LogP contribution in [-0.2, 0) is 6.42 Å². The van der Waals surface area contributed by atoms with E-state index >= 15 is 0 Å². The number of hydrogen-bond acceptors (Lipinski definition) is 2. The number of halogens is 1. The van der Waals surface area contributed by atoms with Crippen molar-refractivity contribution in [3.8, 4) is 0 Å². The second kappa shape index (κ2) is 3.52. The van der Waals surface area contributed by atoms with E-state index in [-0.39, 0.29) is 0 Å². The van der Waals surface area contributed by atoms with Gasteiger partial charge in [0.05, 0.1) is 0 Å². The van der Waals surface area contributed by atoms with Crippen LogP contribution in [0.1, 0.15) is 25.0 Å². The summed E-state index contributed by atoms with van der Waals surface area (Å²) in [6.07, 6.45) is 6.86. The Balaban J connectivity index is 1.92. The standard InChI is InChI=1S/C9H11BrN2/c10-9-5-8(11-6-12-9)4-3-7-1-2-7/h5-7H,1-4H2. The summed E-state index contributed by atoms with van der Waals surface area (Å²) in [6, 6.07) is 2.00. The lowest BCUT2D eigenvalue weighted by atomic mass is 10.2. The summed E-state index contributed by atoms with van der Waals surface area (Å²) in [5.74, 6) is 0.985. The van der Waals surface area contributed by atoms with Gasteiger partial charge in [-0.3, -0.25) is 0 Å². The Bertz CT molecular complexity index is 271. The van der Waals surface area contributed by atoms with Crippen LogP contribution in [0.25, 0.3) is 0 Å². The minimum absolute atomic E-state index is 0.892. The van der Waals surface area contributed by atoms with E-state index in [0.29, 0.717) is 0 Å². The maximum Gasteiger partial charge on any atom is 0.116 e. The van der Waals surface area contributed by atoms with Gasteiger partial charge in [0.25, 0.3) is 0 Å². The van der Waals surface area contributed by atoms with Crippen LogP contribution >= 0.6 is 15.9 Å². The third-order valence-corrected chi connectivity index (χ3v) is 2.63. The molecule has 0 spiro atoms. The lowest BCUT2D eigenvalue weighted by Crippen LogP contribution is -1.92. The number of aryl methyl sites for hydroxylation is 1. The van der Waals surface area contributed by atoms with E-state index in [4.69, 9.17) is 0 Å². The van der Waals surface area contributed by atoms with Crippen molar-refractivity contribution >= 4 is 15.9 Å². The van der Waals surface area contributed by atoms with Gasteiger partial charge in [-0.25, -0.2) is 9.97 Å². The zero-order chi connectivity index (χ0) is 8.39. The molecule has 1 saturated carbocycles. The van der Waals surface area contributed by atoms with E-state index in [1.165, 1.54) is 19.3 Å². The van der Waals surface area contributed by atoms with E-state index < -0.39 is 0 Å². The van der Waals surface area contributed by atoms with Crippen LogP contribution in [0.2, 0.25) is 0 Å². The number of aromatic nitrogens is 2. The smallest absolute Gasteiger partial charge is 0.116 e. The van der Waals surface area contributed by atoms with E-state index in [1.54, 1.807) is 6.33 Å². The highest BCUT2D eigenvalue weighted by Gasteiger charge is 2.20. The zero-order valence-corrected chi connectivity index (χ0v) is 8.42. The summed E-state index contributed by atoms with van der Waals surface area (Å²) in [5.41, 5.74) is 1.16. The Hall–Kier alpha value is -0.440. The Morgan fingerprint density at radius 1 is 1.42 bits per heavy atom. The lowest BCUT2D eigenvalue weighted by molar-refractivity contribution is 0.711. The predicted molar refractivity (Wildman–Crippen MR) is 50.8 cm³/mol. The van der Waals surface area contributed by atoms with Crippen LogP contribution in [0.15, 0.2) is 17.0 Å². The fraction of sp³-hybridized carbons (Fsp3) is 0.556. The minimum Gasteiger partial charge on any atom is -0.241 e. The average Bonchev–Trinajstić information content (AvgIpc) is 2.84. The highest BCUT2D eigenvalue weighted by molar-refractivity contribution is 9.10. The third-order valence-electron chi connectivity index (χ3n) is 2.20. The largest absolute Gasteiger partial charge is 0.241 e. The van der Waals surface area contributed by atoms with Crippen molar-refractivity contribution in [2.24, 2.45) is 5.92 Å². The molecule has 0 N–H and O–H groups in total. The van der Waals surface area contributed by atoms with E-state index in [1.807, 2.05) is 6.07 Å². The fourth-order valence-electron chi connectivity index (χ4n) is 1.27. The molecule has 1 heterocycles. The van der Waals surface area contributed by atoms with E-state index in [9.17, 15) is 0 Å². The van der Waals surface area contributed by atoms with E-state index in [2.05, 4.69) is 25.9 Å². The van der Waals surface area contributed by atoms with Gasteiger partial charge in [-0.2, -0.15) is 0 Å². The van der Waals surface area contributed by atoms with Gasteiger partial charge in [0.15, 0.2) is 0 Å². The van der Waals surface area contributed by atoms with Crippen molar-refractivity contribution < 1.29 is 0 Å². The summed E-state index contributed by atoms with van der Waals surface area (Å²) in [6.45, 7) is 0. The summed E-state index contributed by atoms with van der Waals surface area (Å²) in [5, 5.41) is 0. The number of rotatable bonds is 3. The van der Waals surface area contributed by atoms with Gasteiger partial charge in [0.2, 0.25) is 0 Å². The molecule has 0 saturated heterocycles. The molecule has 0 aliphatic heterocycles. The third kappa shape index (κ3) is 2.27. The first kappa shape index (κ1) is 8.17. The van der Waals surface area contributed by atoms with Crippen LogP contribution in [0.3, 0.4) is 0 Å². The van der Waals surface area contributed by atoms with Crippen LogP contribution in [0, 0.1) is 5.92 Å². The van der Waals surface area contributed by atoms with Crippen molar-refractivity contribution in [1.29, 1.82) is 0 Å². The molecule has 0 bridgehead atoms. The van der Waals surface area contributed by atoms with E-state index in [0.717, 1.165) is 22.6 Å². The van der Waals surface area contributed by atoms with Gasteiger partial charge in [0, 0.05) is 5.69 Å². The fourth-order valence-corrected chi connectivity index (χ4v) is 1.62. The van der Waals surface area contributed by atoms with Crippen LogP contribution < -0.4 is 0 Å². The Labute approximate surface area is 80.6 Å². The van der Waals surface area contributed by atoms with Crippen LogP contribution in [-0.4, -0.2) is 9.97 Å². The van der Waals surface area contributed by atoms with Gasteiger partial charge in [-0.1, -0.05) is 12.8 Å². The molecule has 3 heteroatoms. The molecule has 0 unspecified atom stereocenters. The van der Waals surface area contributed by atoms with Gasteiger partial charge in [-0.05, 0) is 40.8 Å². The van der Waals surface area contributed by atoms with Crippen molar-refractivity contribution in [3.05, 3.63) is 22.7 Å². The summed E-state index contributed by atoms with van der Waals surface area (Å²) < 4.78 is 0.892. The second-order valence-corrected chi connectivity index (χ2v) is 4.13. The van der Waals surface area contributed by atoms with Crippen molar-refractivity contribution in [1.82, 2.24) is 9.97 Å². The molecule has 1 aliphatic rings. The summed E-state index contributed by atoms with van der Waals surface area (Å²) in [7, 11) is 0. The monoisotopic (exact) mass is 226 g/mol. The van der Waals surface area contributed by atoms with Gasteiger partial charge in [-0.15, -0.1) is 0 Å². The SMILES string of the molecule is Brc1cc(CCC2CC2)ncn1. The molecule has 2 rings (SSSR count). The van der Waals surface area contributed by atoms with Crippen molar-refractivity contribution in [2.75, 3.05) is 0 Å². The highest BCUT2D eigenvalue weighted by atomic mass is 79.9. The molecule has 2 nitrogen and oxygen atoms in total. The van der Waals surface area contributed by atoms with Crippen LogP contribution in [0.4, 0.5) is 0 Å². The topological polar surface area (TPSA) is 25.8 Å². The highest BCUT2D eigenvalue weighted by Crippen LogP contribution is 2.33. The minimum atomic E-state index is 0.892. The molecule has 64 valence electrons. The Morgan fingerprint density at radius 3 is 2.92 bits per heavy atom. The van der Waals surface area contributed by atoms with Gasteiger partial charge < -0.3 is 0 Å². The lowest BCUT2D eigenvalue weighted by Gasteiger charge is -1.98. The maximum atomic E-state index is 4.20. The zero-order valence-electron chi connectivity index (χ0n) is 6.83. The molecule has 0 aromatic carbocycles. The van der Waals surface area contributed by atoms with Crippen LogP contribution in [0.5, 0.6) is 0 Å². The predicted octanol–water partition coefficient (Wildman–Crippen LogP) is 2.58. The molecule has 1 fully saturated rings. The Kier molecular flexibility index (Phi) is 2.40. The van der Waals surface area contributed by atoms with Crippen molar-refractivity contribution in [3.63, 3.8) is 0 Å². The average molecular weight is 227 g/mol. The number of hydrogen-bond donors (Lipinski definition) is 0. The van der Waals surface area contributed by atoms with Crippen molar-refractivity contribution in [2.45, 2.75) is 25.7 Å². The molecular weight excluding hydrogens is 216 g/mol. The normalized spacial score (nSPS) is 16.4. The second-order valence-electron chi connectivity index (χ2n) is 3.31. The summed E-state index contributed by atoms with van der Waals surface area (Å²) >= 11 is 3.33. The Morgan fingerprint density at radius 2 is 2.25 bits per heavy atom. The maximum absolute atomic E-state index is 4.20. The molecule has 1 aromatic heterocycles.